The summed E-state index contributed by atoms with van der Waals surface area (Å²) in [5.74, 6) is 0. The van der Waals surface area contributed by atoms with Gasteiger partial charge in [0.15, 0.2) is 0 Å². The van der Waals surface area contributed by atoms with Gasteiger partial charge in [-0.05, 0) is 52.2 Å². The van der Waals surface area contributed by atoms with Gasteiger partial charge in [-0.15, -0.1) is 0 Å². The maximum absolute atomic E-state index is 9.93. The Labute approximate surface area is 196 Å². The van der Waals surface area contributed by atoms with Crippen LogP contribution in [0.4, 0.5) is 0 Å². The second kappa shape index (κ2) is 8.55. The van der Waals surface area contributed by atoms with Crippen LogP contribution in [0.15, 0.2) is 91.1 Å². The average Bonchev–Trinajstić information content (AvgIpc) is 3.16. The van der Waals surface area contributed by atoms with Crippen molar-refractivity contribution in [1.29, 1.82) is 5.26 Å². The van der Waals surface area contributed by atoms with E-state index in [0.717, 1.165) is 38.4 Å². The number of allylic oxidation sites excluding steroid dienone is 1. The third kappa shape index (κ3) is 3.89. The van der Waals surface area contributed by atoms with E-state index in [9.17, 15) is 5.26 Å². The monoisotopic (exact) mass is 452 g/mol. The molecule has 5 rings (SSSR count). The summed E-state index contributed by atoms with van der Waals surface area (Å²) in [4.78, 5) is 0. The molecule has 0 radical (unpaired) electrons. The average molecular weight is 453 g/mol. The molecule has 5 aromatic rings. The molecule has 0 spiro atoms. The second-order valence-corrected chi connectivity index (χ2v) is 8.52. The number of hydrogen-bond acceptors (Lipinski definition) is 1. The number of para-hydroxylation sites is 1. The first-order valence-electron chi connectivity index (χ1n) is 10.2. The fourth-order valence-corrected chi connectivity index (χ4v) is 4.37. The van der Waals surface area contributed by atoms with Crippen molar-refractivity contribution in [3.05, 3.63) is 118 Å². The molecule has 0 bridgehead atoms. The van der Waals surface area contributed by atoms with E-state index in [4.69, 9.17) is 23.2 Å². The molecule has 0 aliphatic heterocycles. The van der Waals surface area contributed by atoms with Gasteiger partial charge in [0.2, 0.25) is 0 Å². The quantitative estimate of drug-likeness (QED) is 0.252. The normalized spacial score (nSPS) is 11.7. The summed E-state index contributed by atoms with van der Waals surface area (Å²) in [5, 5.41) is 14.4. The SMILES string of the molecule is N#CC(=Cc1cn(Cc2ccc(Cl)c(Cl)c2)c2ccccc12)c1ccc2ccccc2c1. The van der Waals surface area contributed by atoms with E-state index >= 15 is 0 Å². The number of rotatable bonds is 4. The predicted molar refractivity (Wildman–Crippen MR) is 135 cm³/mol. The summed E-state index contributed by atoms with van der Waals surface area (Å²) in [6, 6.07) is 30.6. The Morgan fingerprint density at radius 1 is 0.844 bits per heavy atom. The van der Waals surface area contributed by atoms with Crippen LogP contribution < -0.4 is 0 Å². The Hall–Kier alpha value is -3.51. The maximum Gasteiger partial charge on any atom is 0.0998 e. The molecular formula is C28H18Cl2N2. The Morgan fingerprint density at radius 2 is 1.62 bits per heavy atom. The van der Waals surface area contributed by atoms with Crippen molar-refractivity contribution in [3.8, 4) is 6.07 Å². The first kappa shape index (κ1) is 20.4. The van der Waals surface area contributed by atoms with Crippen LogP contribution in [0.5, 0.6) is 0 Å². The molecule has 32 heavy (non-hydrogen) atoms. The van der Waals surface area contributed by atoms with Gasteiger partial charge in [-0.2, -0.15) is 5.26 Å². The summed E-state index contributed by atoms with van der Waals surface area (Å²) >= 11 is 12.3. The summed E-state index contributed by atoms with van der Waals surface area (Å²) in [5.41, 5.74) is 4.71. The molecular weight excluding hydrogens is 435 g/mol. The molecule has 154 valence electrons. The van der Waals surface area contributed by atoms with Gasteiger partial charge in [-0.1, -0.05) is 83.9 Å². The number of aromatic nitrogens is 1. The lowest BCUT2D eigenvalue weighted by molar-refractivity contribution is 0.836. The summed E-state index contributed by atoms with van der Waals surface area (Å²) in [6.45, 7) is 0.656. The van der Waals surface area contributed by atoms with Gasteiger partial charge < -0.3 is 4.57 Å². The lowest BCUT2D eigenvalue weighted by atomic mass is 10.00. The summed E-state index contributed by atoms with van der Waals surface area (Å²) in [7, 11) is 0. The first-order chi connectivity index (χ1) is 15.6. The highest BCUT2D eigenvalue weighted by atomic mass is 35.5. The zero-order valence-electron chi connectivity index (χ0n) is 17.1. The Bertz CT molecular complexity index is 1540. The third-order valence-corrected chi connectivity index (χ3v) is 6.38. The smallest absolute Gasteiger partial charge is 0.0998 e. The van der Waals surface area contributed by atoms with Crippen molar-refractivity contribution in [3.63, 3.8) is 0 Å². The third-order valence-electron chi connectivity index (χ3n) is 5.64. The number of hydrogen-bond donors (Lipinski definition) is 0. The van der Waals surface area contributed by atoms with Crippen LogP contribution in [0.1, 0.15) is 16.7 Å². The molecule has 0 aliphatic rings. The lowest BCUT2D eigenvalue weighted by Gasteiger charge is -2.06. The van der Waals surface area contributed by atoms with Crippen molar-refractivity contribution in [2.24, 2.45) is 0 Å². The van der Waals surface area contributed by atoms with E-state index in [0.29, 0.717) is 22.2 Å². The van der Waals surface area contributed by atoms with Crippen molar-refractivity contribution < 1.29 is 0 Å². The van der Waals surface area contributed by atoms with Crippen LogP contribution in [0.25, 0.3) is 33.3 Å². The van der Waals surface area contributed by atoms with Crippen molar-refractivity contribution in [1.82, 2.24) is 4.57 Å². The number of fused-ring (bicyclic) bond motifs is 2. The summed E-state index contributed by atoms with van der Waals surface area (Å²) < 4.78 is 2.18. The van der Waals surface area contributed by atoms with Gasteiger partial charge >= 0.3 is 0 Å². The van der Waals surface area contributed by atoms with E-state index < -0.39 is 0 Å². The Kier molecular flexibility index (Phi) is 5.45. The molecule has 4 heteroatoms. The van der Waals surface area contributed by atoms with E-state index in [2.05, 4.69) is 53.2 Å². The van der Waals surface area contributed by atoms with Crippen LogP contribution in [0.3, 0.4) is 0 Å². The van der Waals surface area contributed by atoms with Gasteiger partial charge in [0.05, 0.1) is 21.7 Å². The van der Waals surface area contributed by atoms with E-state index in [1.54, 1.807) is 0 Å². The van der Waals surface area contributed by atoms with E-state index in [1.807, 2.05) is 54.6 Å². The van der Waals surface area contributed by atoms with Crippen molar-refractivity contribution in [2.75, 3.05) is 0 Å². The highest BCUT2D eigenvalue weighted by molar-refractivity contribution is 6.42. The van der Waals surface area contributed by atoms with Gasteiger partial charge in [-0.25, -0.2) is 0 Å². The van der Waals surface area contributed by atoms with Gasteiger partial charge in [0.25, 0.3) is 0 Å². The Morgan fingerprint density at radius 3 is 2.44 bits per heavy atom. The van der Waals surface area contributed by atoms with Crippen LogP contribution in [-0.4, -0.2) is 4.57 Å². The topological polar surface area (TPSA) is 28.7 Å². The molecule has 0 unspecified atom stereocenters. The molecule has 0 N–H and O–H groups in total. The molecule has 0 amide bonds. The number of halogens is 2. The fourth-order valence-electron chi connectivity index (χ4n) is 4.05. The zero-order valence-corrected chi connectivity index (χ0v) is 18.6. The largest absolute Gasteiger partial charge is 0.342 e. The molecule has 1 heterocycles. The van der Waals surface area contributed by atoms with Gasteiger partial charge in [0, 0.05) is 29.2 Å². The van der Waals surface area contributed by atoms with Crippen LogP contribution in [-0.2, 0) is 6.54 Å². The van der Waals surface area contributed by atoms with Gasteiger partial charge in [0.1, 0.15) is 0 Å². The minimum Gasteiger partial charge on any atom is -0.342 e. The molecule has 1 aromatic heterocycles. The predicted octanol–water partition coefficient (Wildman–Crippen LogP) is 8.21. The molecule has 0 fully saturated rings. The Balaban J connectivity index is 1.59. The molecule has 0 aliphatic carbocycles. The minimum atomic E-state index is 0.545. The standard InChI is InChI=1S/C28H18Cl2N2/c29-26-12-9-19(13-27(26)30)17-32-18-24(25-7-3-4-8-28(25)32)15-23(16-31)22-11-10-20-5-1-2-6-21(20)14-22/h1-15,18H,17H2. The molecule has 0 saturated heterocycles. The summed E-state index contributed by atoms with van der Waals surface area (Å²) in [6.07, 6.45) is 4.06. The maximum atomic E-state index is 9.93. The number of benzene rings is 4. The molecule has 0 saturated carbocycles. The highest BCUT2D eigenvalue weighted by Gasteiger charge is 2.10. The molecule has 2 nitrogen and oxygen atoms in total. The first-order valence-corrected chi connectivity index (χ1v) is 11.0. The van der Waals surface area contributed by atoms with E-state index in [1.165, 1.54) is 0 Å². The number of nitrogens with zero attached hydrogens (tertiary/aromatic N) is 2. The van der Waals surface area contributed by atoms with Crippen LogP contribution >= 0.6 is 23.2 Å². The van der Waals surface area contributed by atoms with Crippen molar-refractivity contribution >= 4 is 56.5 Å². The fraction of sp³-hybridized carbons (Fsp3) is 0.0357. The van der Waals surface area contributed by atoms with Crippen LogP contribution in [0.2, 0.25) is 10.0 Å². The second-order valence-electron chi connectivity index (χ2n) is 7.71. The van der Waals surface area contributed by atoms with Gasteiger partial charge in [-0.3, -0.25) is 0 Å². The molecule has 4 aromatic carbocycles. The lowest BCUT2D eigenvalue weighted by Crippen LogP contribution is -1.97. The van der Waals surface area contributed by atoms with Crippen molar-refractivity contribution in [2.45, 2.75) is 6.54 Å². The zero-order chi connectivity index (χ0) is 22.1. The molecule has 0 atom stereocenters. The number of nitriles is 1. The van der Waals surface area contributed by atoms with E-state index in [-0.39, 0.29) is 0 Å². The minimum absolute atomic E-state index is 0.545. The van der Waals surface area contributed by atoms with Crippen LogP contribution in [0, 0.1) is 11.3 Å². The highest BCUT2D eigenvalue weighted by Crippen LogP contribution is 2.29.